The molecule has 146 valence electrons. The fourth-order valence-electron chi connectivity index (χ4n) is 3.87. The van der Waals surface area contributed by atoms with Gasteiger partial charge in [0.25, 0.3) is 5.91 Å². The first-order valence-electron chi connectivity index (χ1n) is 9.87. The minimum absolute atomic E-state index is 0.191. The van der Waals surface area contributed by atoms with Crippen LogP contribution in [-0.4, -0.2) is 32.3 Å². The number of hydrogen-bond acceptors (Lipinski definition) is 4. The maximum Gasteiger partial charge on any atom is 0.272 e. The fourth-order valence-corrected chi connectivity index (χ4v) is 3.87. The normalized spacial score (nSPS) is 20.1. The average molecular weight is 378 g/mol. The van der Waals surface area contributed by atoms with E-state index in [2.05, 4.69) is 40.4 Å². The van der Waals surface area contributed by atoms with Gasteiger partial charge in [0.2, 0.25) is 0 Å². The van der Waals surface area contributed by atoms with Gasteiger partial charge in [-0.3, -0.25) is 14.9 Å². The van der Waals surface area contributed by atoms with Gasteiger partial charge in [-0.05, 0) is 54.9 Å². The molecule has 1 amide bonds. The van der Waals surface area contributed by atoms with E-state index in [9.17, 15) is 9.90 Å². The zero-order chi connectivity index (χ0) is 19.7. The summed E-state index contributed by atoms with van der Waals surface area (Å²) in [6.07, 6.45) is 3.74. The van der Waals surface area contributed by atoms with E-state index in [4.69, 9.17) is 0 Å². The van der Waals surface area contributed by atoms with Crippen molar-refractivity contribution in [2.24, 2.45) is 11.8 Å². The number of carbonyl (C=O) groups is 1. The van der Waals surface area contributed by atoms with Crippen LogP contribution < -0.4 is 5.32 Å². The summed E-state index contributed by atoms with van der Waals surface area (Å²) in [6.45, 7) is 4.26. The van der Waals surface area contributed by atoms with Gasteiger partial charge in [0.05, 0.1) is 17.7 Å². The number of fused-ring (bicyclic) bond motifs is 1. The van der Waals surface area contributed by atoms with Crippen LogP contribution in [0.2, 0.25) is 0 Å². The smallest absolute Gasteiger partial charge is 0.272 e. The summed E-state index contributed by atoms with van der Waals surface area (Å²) in [5, 5.41) is 21.1. The van der Waals surface area contributed by atoms with Crippen molar-refractivity contribution in [3.8, 4) is 0 Å². The molecule has 1 fully saturated rings. The highest BCUT2D eigenvalue weighted by molar-refractivity contribution is 5.92. The van der Waals surface area contributed by atoms with Gasteiger partial charge in [0, 0.05) is 17.3 Å². The summed E-state index contributed by atoms with van der Waals surface area (Å²) in [5.41, 5.74) is 3.25. The van der Waals surface area contributed by atoms with E-state index in [1.54, 1.807) is 0 Å². The van der Waals surface area contributed by atoms with Crippen LogP contribution in [0.5, 0.6) is 0 Å². The summed E-state index contributed by atoms with van der Waals surface area (Å²) >= 11 is 0. The van der Waals surface area contributed by atoms with Crippen molar-refractivity contribution in [3.63, 3.8) is 0 Å². The second-order valence-corrected chi connectivity index (χ2v) is 8.17. The number of benzene rings is 1. The number of aliphatic hydroxyl groups is 1. The minimum atomic E-state index is -0.291. The van der Waals surface area contributed by atoms with Gasteiger partial charge in [0.1, 0.15) is 5.69 Å². The van der Waals surface area contributed by atoms with E-state index < -0.39 is 0 Å². The summed E-state index contributed by atoms with van der Waals surface area (Å²) in [7, 11) is 0. The molecular formula is C22H26N4O2. The average Bonchev–Trinajstić information content (AvgIpc) is 3.11. The number of carbonyl (C=O) groups excluding carboxylic acids is 1. The largest absolute Gasteiger partial charge is 0.393 e. The Morgan fingerprint density at radius 1 is 1.29 bits per heavy atom. The van der Waals surface area contributed by atoms with E-state index >= 15 is 0 Å². The predicted octanol–water partition coefficient (Wildman–Crippen LogP) is 3.40. The molecule has 6 heteroatoms. The Morgan fingerprint density at radius 3 is 2.82 bits per heavy atom. The molecule has 2 heterocycles. The van der Waals surface area contributed by atoms with Crippen LogP contribution in [0, 0.1) is 11.8 Å². The number of rotatable bonds is 6. The number of aliphatic hydroxyl groups excluding tert-OH is 1. The highest BCUT2D eigenvalue weighted by Gasteiger charge is 2.36. The molecule has 3 aromatic rings. The first-order chi connectivity index (χ1) is 13.5. The van der Waals surface area contributed by atoms with Crippen molar-refractivity contribution >= 4 is 16.8 Å². The lowest BCUT2D eigenvalue weighted by molar-refractivity contribution is 0.0234. The highest BCUT2D eigenvalue weighted by Crippen LogP contribution is 2.38. The lowest BCUT2D eigenvalue weighted by Crippen LogP contribution is -2.41. The molecule has 4 rings (SSSR count). The third kappa shape index (κ3) is 3.92. The molecule has 0 radical (unpaired) electrons. The molecule has 1 saturated carbocycles. The topological polar surface area (TPSA) is 90.9 Å². The molecular weight excluding hydrogens is 352 g/mol. The van der Waals surface area contributed by atoms with Crippen molar-refractivity contribution in [1.29, 1.82) is 0 Å². The summed E-state index contributed by atoms with van der Waals surface area (Å²) in [5.74, 6) is 0.478. The van der Waals surface area contributed by atoms with Crippen LogP contribution in [0.15, 0.2) is 42.6 Å². The maximum absolute atomic E-state index is 12.8. The lowest BCUT2D eigenvalue weighted by Gasteiger charge is -2.38. The van der Waals surface area contributed by atoms with E-state index in [0.717, 1.165) is 28.6 Å². The Labute approximate surface area is 164 Å². The number of aromatic nitrogens is 3. The number of aromatic amines is 1. The molecule has 1 atom stereocenters. The molecule has 6 nitrogen and oxygen atoms in total. The van der Waals surface area contributed by atoms with Crippen molar-refractivity contribution in [2.75, 3.05) is 0 Å². The monoisotopic (exact) mass is 378 g/mol. The third-order valence-corrected chi connectivity index (χ3v) is 5.37. The minimum Gasteiger partial charge on any atom is -0.393 e. The number of hydrogen-bond donors (Lipinski definition) is 3. The van der Waals surface area contributed by atoms with Crippen LogP contribution in [0.25, 0.3) is 10.9 Å². The number of H-pyrrole nitrogens is 1. The third-order valence-electron chi connectivity index (χ3n) is 5.37. The van der Waals surface area contributed by atoms with Crippen LogP contribution >= 0.6 is 0 Å². The molecule has 1 aliphatic carbocycles. The second kappa shape index (κ2) is 7.72. The molecule has 2 aromatic heterocycles. The van der Waals surface area contributed by atoms with Gasteiger partial charge in [0.15, 0.2) is 0 Å². The molecule has 0 saturated heterocycles. The van der Waals surface area contributed by atoms with E-state index in [-0.39, 0.29) is 24.0 Å². The Kier molecular flexibility index (Phi) is 5.13. The quantitative estimate of drug-likeness (QED) is 0.613. The number of nitrogens with one attached hydrogen (secondary N) is 2. The molecule has 3 N–H and O–H groups in total. The van der Waals surface area contributed by atoms with E-state index in [1.165, 1.54) is 0 Å². The fraction of sp³-hybridized carbons (Fsp3) is 0.409. The van der Waals surface area contributed by atoms with Gasteiger partial charge in [-0.25, -0.2) is 0 Å². The number of para-hydroxylation sites is 1. The molecule has 0 unspecified atom stereocenters. The summed E-state index contributed by atoms with van der Waals surface area (Å²) < 4.78 is 0. The Morgan fingerprint density at radius 2 is 2.07 bits per heavy atom. The van der Waals surface area contributed by atoms with Gasteiger partial charge < -0.3 is 10.4 Å². The summed E-state index contributed by atoms with van der Waals surface area (Å²) in [4.78, 5) is 17.4. The number of amides is 1. The van der Waals surface area contributed by atoms with Crippen LogP contribution in [0.3, 0.4) is 0 Å². The molecule has 28 heavy (non-hydrogen) atoms. The molecule has 0 spiro atoms. The van der Waals surface area contributed by atoms with Crippen molar-refractivity contribution < 1.29 is 9.90 Å². The van der Waals surface area contributed by atoms with Gasteiger partial charge in [-0.2, -0.15) is 5.10 Å². The van der Waals surface area contributed by atoms with Gasteiger partial charge in [-0.15, -0.1) is 0 Å². The standard InChI is InChI=1S/C22H26N4O2/c1-13(2)7-17-11-20(26-25-17)22(28)24-21(15-9-18(27)10-15)16-8-14-5-3-4-6-19(14)23-12-16/h3-6,8,11-13,15,18,21,27H,7,9-10H2,1-2H3,(H,24,28)(H,25,26)/t15?,18?,21-/m0/s1. The van der Waals surface area contributed by atoms with Gasteiger partial charge >= 0.3 is 0 Å². The SMILES string of the molecule is CC(C)Cc1cc(C(=O)N[C@H](c2cnc3ccccc3c2)C2CC(O)C2)n[nH]1. The maximum atomic E-state index is 12.8. The lowest BCUT2D eigenvalue weighted by atomic mass is 9.75. The Bertz CT molecular complexity index is 975. The second-order valence-electron chi connectivity index (χ2n) is 8.17. The number of pyridine rings is 1. The Balaban J connectivity index is 1.57. The molecule has 0 bridgehead atoms. The number of nitrogens with zero attached hydrogens (tertiary/aromatic N) is 2. The zero-order valence-electron chi connectivity index (χ0n) is 16.2. The van der Waals surface area contributed by atoms with Gasteiger partial charge in [-0.1, -0.05) is 32.0 Å². The zero-order valence-corrected chi connectivity index (χ0v) is 16.2. The Hall–Kier alpha value is -2.73. The molecule has 1 aromatic carbocycles. The molecule has 0 aliphatic heterocycles. The first kappa shape index (κ1) is 18.6. The van der Waals surface area contributed by atoms with Crippen molar-refractivity contribution in [2.45, 2.75) is 45.3 Å². The summed E-state index contributed by atoms with van der Waals surface area (Å²) in [6, 6.07) is 11.6. The van der Waals surface area contributed by atoms with Crippen LogP contribution in [0.4, 0.5) is 0 Å². The van der Waals surface area contributed by atoms with Crippen LogP contribution in [-0.2, 0) is 6.42 Å². The molecule has 1 aliphatic rings. The predicted molar refractivity (Wildman–Crippen MR) is 108 cm³/mol. The highest BCUT2D eigenvalue weighted by atomic mass is 16.3. The van der Waals surface area contributed by atoms with Crippen molar-refractivity contribution in [3.05, 3.63) is 59.5 Å². The van der Waals surface area contributed by atoms with Crippen LogP contribution in [0.1, 0.15) is 54.5 Å². The first-order valence-corrected chi connectivity index (χ1v) is 9.87. The van der Waals surface area contributed by atoms with Crippen molar-refractivity contribution in [1.82, 2.24) is 20.5 Å². The van der Waals surface area contributed by atoms with E-state index in [1.807, 2.05) is 36.5 Å². The van der Waals surface area contributed by atoms with E-state index in [0.29, 0.717) is 24.5 Å².